The monoisotopic (exact) mass is 609 g/mol. The molecule has 1 aliphatic carbocycles. The summed E-state index contributed by atoms with van der Waals surface area (Å²) in [6, 6.07) is 18.7. The number of rotatable bonds is 9. The summed E-state index contributed by atoms with van der Waals surface area (Å²) in [7, 11) is 3.20. The molecule has 9 nitrogen and oxygen atoms in total. The van der Waals surface area contributed by atoms with Crippen molar-refractivity contribution in [3.8, 4) is 32.6 Å². The van der Waals surface area contributed by atoms with Crippen LogP contribution in [0.5, 0.6) is 11.5 Å². The van der Waals surface area contributed by atoms with E-state index in [2.05, 4.69) is 15.6 Å². The number of amides is 1. The maximum atomic E-state index is 12.9. The van der Waals surface area contributed by atoms with E-state index >= 15 is 0 Å². The van der Waals surface area contributed by atoms with Crippen LogP contribution in [-0.2, 0) is 16.0 Å². The Kier molecular flexibility index (Phi) is 7.66. The second kappa shape index (κ2) is 11.7. The van der Waals surface area contributed by atoms with Crippen molar-refractivity contribution in [2.45, 2.75) is 13.3 Å². The predicted molar refractivity (Wildman–Crippen MR) is 172 cm³/mol. The van der Waals surface area contributed by atoms with Gasteiger partial charge in [-0.15, -0.1) is 11.3 Å². The number of fused-ring (bicyclic) bond motifs is 1. The van der Waals surface area contributed by atoms with Crippen LogP contribution < -0.4 is 25.8 Å². The van der Waals surface area contributed by atoms with Crippen LogP contribution in [0.4, 0.5) is 22.3 Å². The van der Waals surface area contributed by atoms with Crippen LogP contribution >= 0.6 is 22.7 Å². The third-order valence-electron chi connectivity index (χ3n) is 6.97. The molecule has 2 heterocycles. The van der Waals surface area contributed by atoms with Crippen molar-refractivity contribution in [2.75, 3.05) is 30.6 Å². The van der Waals surface area contributed by atoms with E-state index in [0.29, 0.717) is 45.8 Å². The highest BCUT2D eigenvalue weighted by molar-refractivity contribution is 7.23. The van der Waals surface area contributed by atoms with Crippen molar-refractivity contribution in [3.05, 3.63) is 88.8 Å². The Morgan fingerprint density at radius 3 is 2.63 bits per heavy atom. The first-order valence-electron chi connectivity index (χ1n) is 13.3. The van der Waals surface area contributed by atoms with Crippen molar-refractivity contribution < 1.29 is 19.1 Å². The van der Waals surface area contributed by atoms with Crippen molar-refractivity contribution in [3.63, 3.8) is 0 Å². The lowest BCUT2D eigenvalue weighted by Crippen LogP contribution is -2.23. The third-order valence-corrected chi connectivity index (χ3v) is 8.95. The molecule has 5 aromatic rings. The molecule has 0 unspecified atom stereocenters. The van der Waals surface area contributed by atoms with Gasteiger partial charge in [-0.05, 0) is 48.2 Å². The number of hydrogen-bond donors (Lipinski definition) is 3. The number of carbonyl (C=O) groups is 2. The molecule has 4 N–H and O–H groups in total. The highest BCUT2D eigenvalue weighted by atomic mass is 32.1. The molecule has 0 bridgehead atoms. The standard InChI is InChI=1S/C32H27N5O4S2/c1-17-13-21(15-25(40-2)27(17)41-3)35-32-37-29(33)28(43-32)31-36-24(16-42-31)19-8-6-9-20(14-19)34-30(39)26(38)23-12-11-18-7-4-5-10-22(18)23/h4-10,12-16H,11,33H2,1-3H3,(H,34,39)(H,35,37). The van der Waals surface area contributed by atoms with Crippen LogP contribution in [0.25, 0.3) is 26.7 Å². The molecule has 3 aromatic carbocycles. The van der Waals surface area contributed by atoms with Crippen LogP contribution in [0.3, 0.4) is 0 Å². The number of aromatic nitrogens is 2. The molecule has 6 rings (SSSR count). The number of ketones is 1. The van der Waals surface area contributed by atoms with Crippen LogP contribution in [0.2, 0.25) is 0 Å². The summed E-state index contributed by atoms with van der Waals surface area (Å²) in [5.41, 5.74) is 12.3. The van der Waals surface area contributed by atoms with E-state index in [-0.39, 0.29) is 0 Å². The largest absolute Gasteiger partial charge is 0.493 e. The van der Waals surface area contributed by atoms with E-state index in [0.717, 1.165) is 37.8 Å². The molecule has 0 spiro atoms. The van der Waals surface area contributed by atoms with Gasteiger partial charge in [0.25, 0.3) is 11.7 Å². The van der Waals surface area contributed by atoms with Gasteiger partial charge in [0.2, 0.25) is 0 Å². The molecule has 0 atom stereocenters. The van der Waals surface area contributed by atoms with Crippen molar-refractivity contribution in [2.24, 2.45) is 0 Å². The van der Waals surface area contributed by atoms with E-state index < -0.39 is 11.7 Å². The average Bonchev–Trinajstić information content (AvgIpc) is 3.75. The van der Waals surface area contributed by atoms with E-state index in [9.17, 15) is 9.59 Å². The maximum Gasteiger partial charge on any atom is 0.296 e. The fourth-order valence-electron chi connectivity index (χ4n) is 4.96. The number of Topliss-reactive ketones (excluding diaryl/α,β-unsaturated/α-hetero) is 1. The summed E-state index contributed by atoms with van der Waals surface area (Å²) in [6.07, 6.45) is 2.45. The van der Waals surface area contributed by atoms with Gasteiger partial charge >= 0.3 is 0 Å². The quantitative estimate of drug-likeness (QED) is 0.157. The number of ether oxygens (including phenoxy) is 2. The molecule has 0 saturated heterocycles. The number of carbonyl (C=O) groups excluding carboxylic acids is 2. The Bertz CT molecular complexity index is 1910. The summed E-state index contributed by atoms with van der Waals surface area (Å²) in [5.74, 6) is 0.423. The number of nitrogens with two attached hydrogens (primary N) is 1. The van der Waals surface area contributed by atoms with Gasteiger partial charge in [0.15, 0.2) is 16.6 Å². The van der Waals surface area contributed by atoms with Crippen molar-refractivity contribution >= 4 is 62.3 Å². The van der Waals surface area contributed by atoms with Gasteiger partial charge < -0.3 is 25.8 Å². The third kappa shape index (κ3) is 5.60. The van der Waals surface area contributed by atoms with Gasteiger partial charge in [-0.2, -0.15) is 0 Å². The molecule has 0 radical (unpaired) electrons. The number of aryl methyl sites for hydroxylation is 1. The second-order valence-electron chi connectivity index (χ2n) is 9.77. The Labute approximate surface area is 256 Å². The average molecular weight is 610 g/mol. The summed E-state index contributed by atoms with van der Waals surface area (Å²) >= 11 is 2.84. The molecule has 1 aliphatic rings. The number of thiazole rings is 2. The molecule has 0 aliphatic heterocycles. The minimum Gasteiger partial charge on any atom is -0.493 e. The number of nitrogens with one attached hydrogen (secondary N) is 2. The molecule has 0 fully saturated rings. The number of hydrogen-bond acceptors (Lipinski definition) is 10. The molecule has 11 heteroatoms. The normalized spacial score (nSPS) is 11.9. The summed E-state index contributed by atoms with van der Waals surface area (Å²) < 4.78 is 10.9. The van der Waals surface area contributed by atoms with Crippen molar-refractivity contribution in [1.29, 1.82) is 0 Å². The molecular formula is C32H27N5O4S2. The van der Waals surface area contributed by atoms with Crippen LogP contribution in [-0.4, -0.2) is 35.9 Å². The highest BCUT2D eigenvalue weighted by Crippen LogP contribution is 2.41. The lowest BCUT2D eigenvalue weighted by Gasteiger charge is -2.13. The van der Waals surface area contributed by atoms with Crippen LogP contribution in [0.1, 0.15) is 16.7 Å². The fourth-order valence-corrected chi connectivity index (χ4v) is 6.80. The van der Waals surface area contributed by atoms with Crippen molar-refractivity contribution in [1.82, 2.24) is 9.97 Å². The number of nitrogen functional groups attached to an aromatic ring is 1. The second-order valence-corrected chi connectivity index (χ2v) is 11.6. The van der Waals surface area contributed by atoms with E-state index in [1.807, 2.05) is 60.8 Å². The smallest absolute Gasteiger partial charge is 0.296 e. The lowest BCUT2D eigenvalue weighted by atomic mass is 10.0. The maximum absolute atomic E-state index is 12.9. The molecular weight excluding hydrogens is 583 g/mol. The molecule has 1 amide bonds. The minimum atomic E-state index is -0.679. The van der Waals surface area contributed by atoms with Gasteiger partial charge in [-0.25, -0.2) is 9.97 Å². The Morgan fingerprint density at radius 1 is 0.977 bits per heavy atom. The van der Waals surface area contributed by atoms with E-state index in [1.54, 1.807) is 32.4 Å². The van der Waals surface area contributed by atoms with E-state index in [1.165, 1.54) is 22.7 Å². The Balaban J connectivity index is 1.17. The molecule has 216 valence electrons. The summed E-state index contributed by atoms with van der Waals surface area (Å²) in [6.45, 7) is 1.94. The first-order chi connectivity index (χ1) is 20.8. The zero-order valence-electron chi connectivity index (χ0n) is 23.6. The highest BCUT2D eigenvalue weighted by Gasteiger charge is 2.25. The molecule has 0 saturated carbocycles. The van der Waals surface area contributed by atoms with E-state index in [4.69, 9.17) is 20.2 Å². The summed E-state index contributed by atoms with van der Waals surface area (Å²) in [5, 5.41) is 9.30. The number of benzene rings is 3. The SMILES string of the molecule is COc1cc(Nc2nc(N)c(-c3nc(-c4cccc(NC(=O)C(=O)C5=CCc6ccccc65)c4)cs3)s2)cc(C)c1OC. The zero-order chi connectivity index (χ0) is 30.1. The first kappa shape index (κ1) is 28.1. The minimum absolute atomic E-state index is 0.368. The predicted octanol–water partition coefficient (Wildman–Crippen LogP) is 6.73. The Hall–Kier alpha value is -5.00. The number of methoxy groups -OCH3 is 2. The first-order valence-corrected chi connectivity index (χ1v) is 15.0. The number of allylic oxidation sites excluding steroid dienone is 1. The Morgan fingerprint density at radius 2 is 1.81 bits per heavy atom. The summed E-state index contributed by atoms with van der Waals surface area (Å²) in [4.78, 5) is 35.8. The van der Waals surface area contributed by atoms with Gasteiger partial charge in [-0.3, -0.25) is 9.59 Å². The topological polar surface area (TPSA) is 128 Å². The zero-order valence-corrected chi connectivity index (χ0v) is 25.2. The lowest BCUT2D eigenvalue weighted by molar-refractivity contribution is -0.131. The van der Waals surface area contributed by atoms with Crippen LogP contribution in [0.15, 0.2) is 72.1 Å². The van der Waals surface area contributed by atoms with Gasteiger partial charge in [0.1, 0.15) is 15.7 Å². The van der Waals surface area contributed by atoms with Crippen LogP contribution in [0, 0.1) is 6.92 Å². The molecule has 43 heavy (non-hydrogen) atoms. The van der Waals surface area contributed by atoms with Gasteiger partial charge in [0, 0.05) is 34.0 Å². The fraction of sp³-hybridized carbons (Fsp3) is 0.125. The number of anilines is 4. The number of nitrogens with zero attached hydrogens (tertiary/aromatic N) is 2. The molecule has 2 aromatic heterocycles. The van der Waals surface area contributed by atoms with Gasteiger partial charge in [0.05, 0.1) is 19.9 Å². The van der Waals surface area contributed by atoms with Gasteiger partial charge in [-0.1, -0.05) is 53.8 Å².